The van der Waals surface area contributed by atoms with Crippen LogP contribution in [0.3, 0.4) is 0 Å². The van der Waals surface area contributed by atoms with Crippen LogP contribution in [-0.2, 0) is 10.2 Å². The van der Waals surface area contributed by atoms with Crippen molar-refractivity contribution in [3.63, 3.8) is 0 Å². The summed E-state index contributed by atoms with van der Waals surface area (Å²) >= 11 is 3.01. The fourth-order valence-electron chi connectivity index (χ4n) is 0.983. The second kappa shape index (κ2) is 3.94. The minimum Gasteiger partial charge on any atom is -0.207 e. The molecule has 0 heterocycles. The molecule has 0 aliphatic heterocycles. The Balaban J connectivity index is 3.21. The smallest absolute Gasteiger partial charge is 0.207 e. The standard InChI is InChI=1S/C8H7BrF2O2S/c1-5(14(11,12)13)7-3-2-6(9)4-8(7)10/h2-5H,1H3. The number of halogens is 3. The van der Waals surface area contributed by atoms with Crippen molar-refractivity contribution in [1.82, 2.24) is 0 Å². The first kappa shape index (κ1) is 11.6. The molecule has 0 fully saturated rings. The van der Waals surface area contributed by atoms with E-state index in [-0.39, 0.29) is 5.56 Å². The lowest BCUT2D eigenvalue weighted by molar-refractivity contribution is 0.533. The van der Waals surface area contributed by atoms with E-state index < -0.39 is 21.3 Å². The lowest BCUT2D eigenvalue weighted by Gasteiger charge is -2.08. The van der Waals surface area contributed by atoms with Gasteiger partial charge in [-0.25, -0.2) is 4.39 Å². The van der Waals surface area contributed by atoms with Crippen LogP contribution in [0, 0.1) is 5.82 Å². The summed E-state index contributed by atoms with van der Waals surface area (Å²) in [6, 6.07) is 3.79. The summed E-state index contributed by atoms with van der Waals surface area (Å²) in [7, 11) is -4.75. The normalized spacial score (nSPS) is 14.0. The van der Waals surface area contributed by atoms with Gasteiger partial charge >= 0.3 is 10.2 Å². The molecule has 0 amide bonds. The van der Waals surface area contributed by atoms with Crippen LogP contribution in [0.2, 0.25) is 0 Å². The zero-order chi connectivity index (χ0) is 10.9. The lowest BCUT2D eigenvalue weighted by atomic mass is 10.1. The largest absolute Gasteiger partial charge is 0.309 e. The predicted molar refractivity (Wildman–Crippen MR) is 52.5 cm³/mol. The molecular formula is C8H7BrF2O2S. The van der Waals surface area contributed by atoms with Gasteiger partial charge in [-0.2, -0.15) is 8.42 Å². The maximum absolute atomic E-state index is 13.2. The summed E-state index contributed by atoms with van der Waals surface area (Å²) in [6.07, 6.45) is 0. The predicted octanol–water partition coefficient (Wildman–Crippen LogP) is 2.95. The maximum atomic E-state index is 13.2. The number of hydrogen-bond donors (Lipinski definition) is 0. The first-order valence-corrected chi connectivity index (χ1v) is 5.95. The van der Waals surface area contributed by atoms with Crippen molar-refractivity contribution in [2.75, 3.05) is 0 Å². The summed E-state index contributed by atoms with van der Waals surface area (Å²) in [5.74, 6) is -0.742. The molecule has 6 heteroatoms. The molecule has 0 bridgehead atoms. The third-order valence-electron chi connectivity index (χ3n) is 1.82. The topological polar surface area (TPSA) is 34.1 Å². The summed E-state index contributed by atoms with van der Waals surface area (Å²) in [6.45, 7) is 1.10. The van der Waals surface area contributed by atoms with Gasteiger partial charge in [0.25, 0.3) is 0 Å². The van der Waals surface area contributed by atoms with Gasteiger partial charge in [0.05, 0.1) is 0 Å². The Morgan fingerprint density at radius 2 is 2.00 bits per heavy atom. The molecule has 1 aromatic rings. The minimum atomic E-state index is -4.75. The molecule has 14 heavy (non-hydrogen) atoms. The van der Waals surface area contributed by atoms with Crippen molar-refractivity contribution >= 4 is 26.2 Å². The lowest BCUT2D eigenvalue weighted by Crippen LogP contribution is -2.06. The molecule has 1 aromatic carbocycles. The molecule has 1 atom stereocenters. The molecule has 78 valence electrons. The highest BCUT2D eigenvalue weighted by molar-refractivity contribution is 9.10. The molecule has 1 rings (SSSR count). The van der Waals surface area contributed by atoms with E-state index in [4.69, 9.17) is 0 Å². The van der Waals surface area contributed by atoms with E-state index in [1.54, 1.807) is 0 Å². The molecule has 0 N–H and O–H groups in total. The van der Waals surface area contributed by atoms with Gasteiger partial charge in [-0.15, -0.1) is 3.89 Å². The van der Waals surface area contributed by atoms with Crippen LogP contribution in [0.25, 0.3) is 0 Å². The van der Waals surface area contributed by atoms with Gasteiger partial charge in [-0.05, 0) is 19.1 Å². The zero-order valence-electron chi connectivity index (χ0n) is 7.17. The van der Waals surface area contributed by atoms with E-state index in [0.29, 0.717) is 4.47 Å². The van der Waals surface area contributed by atoms with Crippen molar-refractivity contribution in [2.24, 2.45) is 0 Å². The Morgan fingerprint density at radius 3 is 2.43 bits per heavy atom. The molecular weight excluding hydrogens is 278 g/mol. The average molecular weight is 285 g/mol. The van der Waals surface area contributed by atoms with Crippen LogP contribution in [-0.4, -0.2) is 8.42 Å². The maximum Gasteiger partial charge on any atom is 0.309 e. The van der Waals surface area contributed by atoms with E-state index in [1.807, 2.05) is 0 Å². The molecule has 0 spiro atoms. The molecule has 2 nitrogen and oxygen atoms in total. The van der Waals surface area contributed by atoms with Gasteiger partial charge in [0.1, 0.15) is 11.1 Å². The minimum absolute atomic E-state index is 0.171. The van der Waals surface area contributed by atoms with E-state index in [1.165, 1.54) is 12.1 Å². The highest BCUT2D eigenvalue weighted by Crippen LogP contribution is 2.27. The van der Waals surface area contributed by atoms with Gasteiger partial charge in [0.2, 0.25) is 0 Å². The van der Waals surface area contributed by atoms with Crippen molar-refractivity contribution in [1.29, 1.82) is 0 Å². The molecule has 0 saturated carbocycles. The Bertz CT molecular complexity index is 445. The molecule has 0 aromatic heterocycles. The number of hydrogen-bond acceptors (Lipinski definition) is 2. The fourth-order valence-corrected chi connectivity index (χ4v) is 1.81. The van der Waals surface area contributed by atoms with Gasteiger partial charge in [-0.3, -0.25) is 0 Å². The Labute approximate surface area is 89.3 Å². The van der Waals surface area contributed by atoms with Crippen molar-refractivity contribution in [3.05, 3.63) is 34.1 Å². The molecule has 1 unspecified atom stereocenters. The number of benzene rings is 1. The third-order valence-corrected chi connectivity index (χ3v) is 3.41. The quantitative estimate of drug-likeness (QED) is 0.783. The average Bonchev–Trinajstić information content (AvgIpc) is 2.01. The van der Waals surface area contributed by atoms with Crippen molar-refractivity contribution in [2.45, 2.75) is 12.2 Å². The fraction of sp³-hybridized carbons (Fsp3) is 0.250. The van der Waals surface area contributed by atoms with Crippen LogP contribution in [0.15, 0.2) is 22.7 Å². The molecule has 0 saturated heterocycles. The zero-order valence-corrected chi connectivity index (χ0v) is 9.57. The molecule has 0 radical (unpaired) electrons. The van der Waals surface area contributed by atoms with Gasteiger partial charge < -0.3 is 0 Å². The van der Waals surface area contributed by atoms with Crippen molar-refractivity contribution < 1.29 is 16.7 Å². The van der Waals surface area contributed by atoms with Gasteiger partial charge in [-0.1, -0.05) is 22.0 Å². The highest BCUT2D eigenvalue weighted by Gasteiger charge is 2.24. The second-order valence-electron chi connectivity index (χ2n) is 2.78. The van der Waals surface area contributed by atoms with Crippen LogP contribution in [0.1, 0.15) is 17.7 Å². The Hall–Kier alpha value is -0.490. The van der Waals surface area contributed by atoms with Crippen LogP contribution in [0.5, 0.6) is 0 Å². The van der Waals surface area contributed by atoms with Crippen LogP contribution < -0.4 is 0 Å². The summed E-state index contributed by atoms with van der Waals surface area (Å²) in [5, 5.41) is -1.48. The van der Waals surface area contributed by atoms with Crippen molar-refractivity contribution in [3.8, 4) is 0 Å². The summed E-state index contributed by atoms with van der Waals surface area (Å²) < 4.78 is 47.2. The van der Waals surface area contributed by atoms with E-state index in [2.05, 4.69) is 15.9 Å². The molecule has 0 aliphatic rings. The van der Waals surface area contributed by atoms with E-state index in [0.717, 1.165) is 13.0 Å². The van der Waals surface area contributed by atoms with Gasteiger partial charge in [0, 0.05) is 10.0 Å². The Kier molecular flexibility index (Phi) is 3.26. The summed E-state index contributed by atoms with van der Waals surface area (Å²) in [4.78, 5) is 0. The highest BCUT2D eigenvalue weighted by atomic mass is 79.9. The first-order valence-electron chi connectivity index (χ1n) is 3.71. The van der Waals surface area contributed by atoms with Gasteiger partial charge in [0.15, 0.2) is 0 Å². The van der Waals surface area contributed by atoms with Crippen LogP contribution in [0.4, 0.5) is 8.28 Å². The number of rotatable bonds is 2. The SMILES string of the molecule is CC(c1ccc(Br)cc1F)S(=O)(=O)F. The van der Waals surface area contributed by atoms with Crippen LogP contribution >= 0.6 is 15.9 Å². The Morgan fingerprint density at radius 1 is 1.43 bits per heavy atom. The third kappa shape index (κ3) is 2.51. The van der Waals surface area contributed by atoms with E-state index in [9.17, 15) is 16.7 Å². The summed E-state index contributed by atoms with van der Waals surface area (Å²) in [5.41, 5.74) is -0.171. The monoisotopic (exact) mass is 284 g/mol. The van der Waals surface area contributed by atoms with E-state index >= 15 is 0 Å². The molecule has 0 aliphatic carbocycles. The second-order valence-corrected chi connectivity index (χ2v) is 5.36. The first-order chi connectivity index (χ1) is 6.32.